The molecular formula is C51H94O5. The second-order valence-corrected chi connectivity index (χ2v) is 16.5. The van der Waals surface area contributed by atoms with Crippen molar-refractivity contribution in [3.63, 3.8) is 0 Å². The Hall–Kier alpha value is -1.88. The highest BCUT2D eigenvalue weighted by molar-refractivity contribution is 5.70. The van der Waals surface area contributed by atoms with Crippen molar-refractivity contribution in [3.8, 4) is 0 Å². The summed E-state index contributed by atoms with van der Waals surface area (Å²) in [5, 5.41) is 9.60. The monoisotopic (exact) mass is 787 g/mol. The maximum atomic E-state index is 12.2. The van der Waals surface area contributed by atoms with Crippen LogP contribution in [-0.2, 0) is 19.1 Å². The fourth-order valence-corrected chi connectivity index (χ4v) is 7.16. The maximum absolute atomic E-state index is 12.2. The van der Waals surface area contributed by atoms with E-state index in [0.717, 1.165) is 38.5 Å². The molecule has 0 aliphatic heterocycles. The molecule has 0 aromatic heterocycles. The van der Waals surface area contributed by atoms with E-state index < -0.39 is 6.10 Å². The Morgan fingerprint density at radius 2 is 0.696 bits per heavy atom. The second kappa shape index (κ2) is 47.5. The third kappa shape index (κ3) is 44.8. The van der Waals surface area contributed by atoms with Gasteiger partial charge in [0, 0.05) is 12.8 Å². The van der Waals surface area contributed by atoms with E-state index in [4.69, 9.17) is 9.47 Å². The molecule has 0 saturated carbocycles. The van der Waals surface area contributed by atoms with Crippen LogP contribution in [0.2, 0.25) is 0 Å². The number of unbranched alkanes of at least 4 members (excludes halogenated alkanes) is 31. The number of carbonyl (C=O) groups excluding carboxylic acids is 2. The maximum Gasteiger partial charge on any atom is 0.306 e. The van der Waals surface area contributed by atoms with E-state index in [1.165, 1.54) is 186 Å². The lowest BCUT2D eigenvalue weighted by Gasteiger charge is -2.15. The predicted molar refractivity (Wildman–Crippen MR) is 242 cm³/mol. The summed E-state index contributed by atoms with van der Waals surface area (Å²) in [6.07, 6.45) is 59.6. The Bertz CT molecular complexity index is 893. The van der Waals surface area contributed by atoms with Crippen LogP contribution in [-0.4, -0.2) is 36.4 Å². The molecule has 328 valence electrons. The first kappa shape index (κ1) is 54.1. The largest absolute Gasteiger partial charge is 0.462 e. The highest BCUT2D eigenvalue weighted by atomic mass is 16.6. The van der Waals surface area contributed by atoms with E-state index >= 15 is 0 Å². The molecule has 56 heavy (non-hydrogen) atoms. The van der Waals surface area contributed by atoms with Gasteiger partial charge in [0.25, 0.3) is 0 Å². The normalized spacial score (nSPS) is 12.4. The molecule has 5 heteroatoms. The van der Waals surface area contributed by atoms with Crippen LogP contribution in [0.4, 0.5) is 0 Å². The Morgan fingerprint density at radius 1 is 0.393 bits per heavy atom. The Balaban J connectivity index is 3.54. The minimum Gasteiger partial charge on any atom is -0.462 e. The van der Waals surface area contributed by atoms with Crippen LogP contribution in [0.15, 0.2) is 36.5 Å². The predicted octanol–water partition coefficient (Wildman–Crippen LogP) is 16.0. The average Bonchev–Trinajstić information content (AvgIpc) is 3.20. The summed E-state index contributed by atoms with van der Waals surface area (Å²) in [7, 11) is 0. The summed E-state index contributed by atoms with van der Waals surface area (Å²) in [5.74, 6) is -0.633. The first-order valence-electron chi connectivity index (χ1n) is 24.5. The average molecular weight is 787 g/mol. The van der Waals surface area contributed by atoms with Crippen LogP contribution in [0.3, 0.4) is 0 Å². The molecule has 1 N–H and O–H groups in total. The molecule has 0 aliphatic rings. The van der Waals surface area contributed by atoms with Gasteiger partial charge in [-0.3, -0.25) is 9.59 Å². The molecule has 0 rings (SSSR count). The van der Waals surface area contributed by atoms with E-state index in [-0.39, 0.29) is 25.2 Å². The van der Waals surface area contributed by atoms with Crippen LogP contribution < -0.4 is 0 Å². The molecule has 0 bridgehead atoms. The van der Waals surface area contributed by atoms with E-state index in [9.17, 15) is 14.7 Å². The molecule has 0 fully saturated rings. The number of aliphatic hydroxyl groups excluding tert-OH is 1. The van der Waals surface area contributed by atoms with Gasteiger partial charge in [0.1, 0.15) is 6.61 Å². The Labute approximate surface area is 348 Å². The van der Waals surface area contributed by atoms with Gasteiger partial charge < -0.3 is 14.6 Å². The van der Waals surface area contributed by atoms with Crippen LogP contribution in [0.1, 0.15) is 258 Å². The summed E-state index contributed by atoms with van der Waals surface area (Å²) < 4.78 is 10.6. The van der Waals surface area contributed by atoms with Gasteiger partial charge >= 0.3 is 11.9 Å². The van der Waals surface area contributed by atoms with Crippen molar-refractivity contribution in [2.75, 3.05) is 13.2 Å². The van der Waals surface area contributed by atoms with E-state index in [1.54, 1.807) is 0 Å². The van der Waals surface area contributed by atoms with Gasteiger partial charge in [0.15, 0.2) is 6.10 Å². The lowest BCUT2D eigenvalue weighted by atomic mass is 10.0. The van der Waals surface area contributed by atoms with Crippen molar-refractivity contribution >= 4 is 11.9 Å². The molecule has 0 unspecified atom stereocenters. The summed E-state index contributed by atoms with van der Waals surface area (Å²) in [6.45, 7) is 4.13. The second-order valence-electron chi connectivity index (χ2n) is 16.5. The molecule has 0 amide bonds. The molecular weight excluding hydrogens is 693 g/mol. The van der Waals surface area contributed by atoms with Crippen LogP contribution in [0.25, 0.3) is 0 Å². The number of allylic oxidation sites excluding steroid dienone is 6. The number of carbonyl (C=O) groups is 2. The first-order valence-corrected chi connectivity index (χ1v) is 24.5. The summed E-state index contributed by atoms with van der Waals surface area (Å²) in [4.78, 5) is 24.4. The zero-order valence-electron chi connectivity index (χ0n) is 37.4. The molecule has 0 heterocycles. The molecule has 0 saturated heterocycles. The van der Waals surface area contributed by atoms with Crippen molar-refractivity contribution in [2.24, 2.45) is 0 Å². The van der Waals surface area contributed by atoms with E-state index in [1.807, 2.05) is 0 Å². The van der Waals surface area contributed by atoms with Gasteiger partial charge in [-0.1, -0.05) is 211 Å². The van der Waals surface area contributed by atoms with Crippen molar-refractivity contribution in [1.29, 1.82) is 0 Å². The number of rotatable bonds is 45. The number of ether oxygens (including phenoxy) is 2. The van der Waals surface area contributed by atoms with Gasteiger partial charge in [-0.15, -0.1) is 0 Å². The summed E-state index contributed by atoms with van der Waals surface area (Å²) in [5.41, 5.74) is 0. The Morgan fingerprint density at radius 3 is 1.07 bits per heavy atom. The van der Waals surface area contributed by atoms with E-state index in [0.29, 0.717) is 19.3 Å². The smallest absolute Gasteiger partial charge is 0.306 e. The number of hydrogen-bond donors (Lipinski definition) is 1. The van der Waals surface area contributed by atoms with Gasteiger partial charge in [0.05, 0.1) is 6.61 Å². The fourth-order valence-electron chi connectivity index (χ4n) is 7.16. The molecule has 0 aromatic rings. The number of hydrogen-bond acceptors (Lipinski definition) is 5. The van der Waals surface area contributed by atoms with Crippen LogP contribution in [0, 0.1) is 0 Å². The quantitative estimate of drug-likeness (QED) is 0.0378. The van der Waals surface area contributed by atoms with E-state index in [2.05, 4.69) is 50.3 Å². The van der Waals surface area contributed by atoms with Gasteiger partial charge in [0.2, 0.25) is 0 Å². The van der Waals surface area contributed by atoms with Crippen molar-refractivity contribution in [3.05, 3.63) is 36.5 Å². The van der Waals surface area contributed by atoms with Gasteiger partial charge in [-0.05, 0) is 70.6 Å². The SMILES string of the molecule is CCCCCCCC/C=C/CCCCCCCCCCCC(=O)OC[C@H](CO)OC(=O)CCC/C=C/CC/C=C/CCCCCCCCCCCCCCCC. The third-order valence-electron chi connectivity index (χ3n) is 10.9. The Kier molecular flexibility index (Phi) is 45.9. The fraction of sp³-hybridized carbons (Fsp3) is 0.843. The zero-order valence-corrected chi connectivity index (χ0v) is 37.4. The van der Waals surface area contributed by atoms with Crippen LogP contribution in [0.5, 0.6) is 0 Å². The van der Waals surface area contributed by atoms with Crippen molar-refractivity contribution < 1.29 is 24.2 Å². The summed E-state index contributed by atoms with van der Waals surface area (Å²) >= 11 is 0. The third-order valence-corrected chi connectivity index (χ3v) is 10.9. The topological polar surface area (TPSA) is 72.8 Å². The highest BCUT2D eigenvalue weighted by Gasteiger charge is 2.16. The summed E-state index contributed by atoms with van der Waals surface area (Å²) in [6, 6.07) is 0. The molecule has 1 atom stereocenters. The zero-order chi connectivity index (χ0) is 40.7. The molecule has 5 nitrogen and oxygen atoms in total. The van der Waals surface area contributed by atoms with Crippen LogP contribution >= 0.6 is 0 Å². The standard InChI is InChI=1S/C51H94O5/c1-3-5-7-9-11-13-15-17-19-21-23-24-25-26-28-30-32-34-36-38-40-42-44-46-51(54)56-49(47-52)48-55-50(53)45-43-41-39-37-35-33-31-29-27-22-20-18-16-14-12-10-8-6-4-2/h18,20,30,32,38,40,49,52H,3-17,19,21-29,31,33-37,39,41-48H2,1-2H3/b20-18+,32-30+,40-38+/t49-/m0/s1. The highest BCUT2D eigenvalue weighted by Crippen LogP contribution is 2.15. The lowest BCUT2D eigenvalue weighted by molar-refractivity contribution is -0.161. The number of aliphatic hydroxyl groups is 1. The number of esters is 2. The van der Waals surface area contributed by atoms with Gasteiger partial charge in [-0.2, -0.15) is 0 Å². The minimum atomic E-state index is -0.792. The lowest BCUT2D eigenvalue weighted by Crippen LogP contribution is -2.28. The van der Waals surface area contributed by atoms with Crippen molar-refractivity contribution in [2.45, 2.75) is 264 Å². The molecule has 0 radical (unpaired) electrons. The van der Waals surface area contributed by atoms with Gasteiger partial charge in [-0.25, -0.2) is 0 Å². The first-order chi connectivity index (χ1) is 27.6. The van der Waals surface area contributed by atoms with Crippen molar-refractivity contribution in [1.82, 2.24) is 0 Å². The minimum absolute atomic E-state index is 0.0805. The molecule has 0 aliphatic carbocycles. The molecule has 0 spiro atoms. The molecule has 0 aromatic carbocycles.